The minimum absolute atomic E-state index is 0.0425. The van der Waals surface area contributed by atoms with Crippen molar-refractivity contribution in [2.75, 3.05) is 19.0 Å². The minimum atomic E-state index is -0.361. The average molecular weight is 355 g/mol. The van der Waals surface area contributed by atoms with Gasteiger partial charge in [-0.2, -0.15) is 0 Å². The summed E-state index contributed by atoms with van der Waals surface area (Å²) < 4.78 is 10.2. The van der Waals surface area contributed by atoms with E-state index in [4.69, 9.17) is 9.47 Å². The normalized spacial score (nSPS) is 10.3. The summed E-state index contributed by atoms with van der Waals surface area (Å²) in [6.07, 6.45) is 2.03. The molecule has 0 atom stereocenters. The maximum atomic E-state index is 12.1. The monoisotopic (exact) mass is 355 g/mol. The van der Waals surface area contributed by atoms with Gasteiger partial charge >= 0.3 is 5.97 Å². The summed E-state index contributed by atoms with van der Waals surface area (Å²) >= 11 is 0. The fraction of sp³-hybridized carbons (Fsp3) is 0.333. The van der Waals surface area contributed by atoms with Gasteiger partial charge in [-0.15, -0.1) is 0 Å². The molecule has 2 aromatic carbocycles. The first kappa shape index (κ1) is 19.5. The van der Waals surface area contributed by atoms with Gasteiger partial charge in [-0.3, -0.25) is 4.79 Å². The molecule has 0 aliphatic heterocycles. The molecular formula is C21H25NO4. The van der Waals surface area contributed by atoms with Crippen LogP contribution < -0.4 is 10.1 Å². The Morgan fingerprint density at radius 2 is 1.81 bits per heavy atom. The molecule has 26 heavy (non-hydrogen) atoms. The summed E-state index contributed by atoms with van der Waals surface area (Å²) in [5, 5.41) is 2.84. The molecule has 0 aliphatic rings. The van der Waals surface area contributed by atoms with Gasteiger partial charge in [0.15, 0.2) is 0 Å². The molecule has 0 unspecified atom stereocenters. The van der Waals surface area contributed by atoms with Crippen LogP contribution in [0.3, 0.4) is 0 Å². The first-order valence-electron chi connectivity index (χ1n) is 8.74. The van der Waals surface area contributed by atoms with Crippen molar-refractivity contribution < 1.29 is 19.1 Å². The van der Waals surface area contributed by atoms with Crippen molar-refractivity contribution in [2.45, 2.75) is 33.1 Å². The second-order valence-electron chi connectivity index (χ2n) is 6.00. The predicted molar refractivity (Wildman–Crippen MR) is 102 cm³/mol. The highest BCUT2D eigenvalue weighted by Gasteiger charge is 2.07. The van der Waals surface area contributed by atoms with Crippen molar-refractivity contribution in [2.24, 2.45) is 0 Å². The smallest absolute Gasteiger partial charge is 0.338 e. The molecule has 1 amide bonds. The highest BCUT2D eigenvalue weighted by molar-refractivity contribution is 5.93. The Morgan fingerprint density at radius 3 is 2.42 bits per heavy atom. The number of esters is 1. The van der Waals surface area contributed by atoms with Gasteiger partial charge in [0, 0.05) is 12.1 Å². The third-order valence-corrected chi connectivity index (χ3v) is 4.01. The van der Waals surface area contributed by atoms with Crippen LogP contribution in [-0.2, 0) is 16.0 Å². The van der Waals surface area contributed by atoms with Crippen LogP contribution in [0.15, 0.2) is 42.5 Å². The second kappa shape index (κ2) is 9.61. The van der Waals surface area contributed by atoms with E-state index in [1.807, 2.05) is 19.1 Å². The van der Waals surface area contributed by atoms with Gasteiger partial charge in [0.25, 0.3) is 0 Å². The topological polar surface area (TPSA) is 64.6 Å². The highest BCUT2D eigenvalue weighted by atomic mass is 16.5. The Balaban J connectivity index is 1.80. The Bertz CT molecular complexity index is 753. The van der Waals surface area contributed by atoms with Gasteiger partial charge in [-0.1, -0.05) is 12.1 Å². The van der Waals surface area contributed by atoms with Crippen LogP contribution in [-0.4, -0.2) is 25.6 Å². The average Bonchev–Trinajstić information content (AvgIpc) is 2.62. The van der Waals surface area contributed by atoms with E-state index in [9.17, 15) is 9.59 Å². The Morgan fingerprint density at radius 1 is 1.08 bits per heavy atom. The number of benzene rings is 2. The van der Waals surface area contributed by atoms with Crippen LogP contribution in [0.1, 0.15) is 41.3 Å². The SMILES string of the molecule is CCOC(=O)c1ccc(NC(=O)CCCc2ccc(OC)c(C)c2)cc1. The van der Waals surface area contributed by atoms with Crippen molar-refractivity contribution in [1.82, 2.24) is 0 Å². The Kier molecular flexibility index (Phi) is 7.21. The van der Waals surface area contributed by atoms with Crippen LogP contribution in [0, 0.1) is 6.92 Å². The highest BCUT2D eigenvalue weighted by Crippen LogP contribution is 2.19. The number of nitrogens with one attached hydrogen (secondary N) is 1. The van der Waals surface area contributed by atoms with E-state index < -0.39 is 0 Å². The van der Waals surface area contributed by atoms with Gasteiger partial charge in [0.2, 0.25) is 5.91 Å². The molecule has 0 spiro atoms. The van der Waals surface area contributed by atoms with E-state index >= 15 is 0 Å². The van der Waals surface area contributed by atoms with E-state index in [1.165, 1.54) is 5.56 Å². The molecule has 0 aliphatic carbocycles. The lowest BCUT2D eigenvalue weighted by molar-refractivity contribution is -0.116. The maximum Gasteiger partial charge on any atom is 0.338 e. The van der Waals surface area contributed by atoms with Gasteiger partial charge in [0.1, 0.15) is 5.75 Å². The summed E-state index contributed by atoms with van der Waals surface area (Å²) in [6, 6.07) is 12.8. The van der Waals surface area contributed by atoms with Crippen molar-refractivity contribution in [3.05, 3.63) is 59.2 Å². The van der Waals surface area contributed by atoms with E-state index in [0.717, 1.165) is 24.2 Å². The molecule has 2 aromatic rings. The molecule has 0 radical (unpaired) electrons. The summed E-state index contributed by atoms with van der Waals surface area (Å²) in [7, 11) is 1.66. The molecule has 2 rings (SSSR count). The van der Waals surface area contributed by atoms with Gasteiger partial charge < -0.3 is 14.8 Å². The molecule has 138 valence electrons. The zero-order valence-electron chi connectivity index (χ0n) is 15.5. The van der Waals surface area contributed by atoms with Gasteiger partial charge in [-0.05, 0) is 68.1 Å². The largest absolute Gasteiger partial charge is 0.496 e. The molecule has 0 saturated heterocycles. The van der Waals surface area contributed by atoms with Crippen LogP contribution in [0.25, 0.3) is 0 Å². The van der Waals surface area contributed by atoms with Crippen molar-refractivity contribution >= 4 is 17.6 Å². The number of aryl methyl sites for hydroxylation is 2. The lowest BCUT2D eigenvalue weighted by atomic mass is 10.0. The molecular weight excluding hydrogens is 330 g/mol. The summed E-state index contributed by atoms with van der Waals surface area (Å²) in [5.74, 6) is 0.469. The number of carbonyl (C=O) groups is 2. The molecule has 5 heteroatoms. The molecule has 0 saturated carbocycles. The molecule has 1 N–H and O–H groups in total. The van der Waals surface area contributed by atoms with Crippen molar-refractivity contribution in [3.63, 3.8) is 0 Å². The lowest BCUT2D eigenvalue weighted by Crippen LogP contribution is -2.12. The van der Waals surface area contributed by atoms with Crippen molar-refractivity contribution in [3.8, 4) is 5.75 Å². The number of anilines is 1. The van der Waals surface area contributed by atoms with Crippen LogP contribution in [0.5, 0.6) is 5.75 Å². The number of carbonyl (C=O) groups excluding carboxylic acids is 2. The Hall–Kier alpha value is -2.82. The molecule has 0 heterocycles. The van der Waals surface area contributed by atoms with E-state index in [0.29, 0.717) is 24.3 Å². The zero-order valence-corrected chi connectivity index (χ0v) is 15.5. The number of rotatable bonds is 8. The number of hydrogen-bond donors (Lipinski definition) is 1. The molecule has 0 bridgehead atoms. The number of ether oxygens (including phenoxy) is 2. The Labute approximate surface area is 154 Å². The quantitative estimate of drug-likeness (QED) is 0.723. The van der Waals surface area contributed by atoms with E-state index in [-0.39, 0.29) is 11.9 Å². The molecule has 0 fully saturated rings. The van der Waals surface area contributed by atoms with Gasteiger partial charge in [-0.25, -0.2) is 4.79 Å². The number of hydrogen-bond acceptors (Lipinski definition) is 4. The fourth-order valence-corrected chi connectivity index (χ4v) is 2.68. The first-order valence-corrected chi connectivity index (χ1v) is 8.74. The molecule has 0 aromatic heterocycles. The molecule has 5 nitrogen and oxygen atoms in total. The van der Waals surface area contributed by atoms with Crippen LogP contribution >= 0.6 is 0 Å². The summed E-state index contributed by atoms with van der Waals surface area (Å²) in [4.78, 5) is 23.7. The van der Waals surface area contributed by atoms with E-state index in [1.54, 1.807) is 38.3 Å². The second-order valence-corrected chi connectivity index (χ2v) is 6.00. The lowest BCUT2D eigenvalue weighted by Gasteiger charge is -2.08. The predicted octanol–water partition coefficient (Wildman–Crippen LogP) is 4.14. The summed E-state index contributed by atoms with van der Waals surface area (Å²) in [6.45, 7) is 4.11. The summed E-state index contributed by atoms with van der Waals surface area (Å²) in [5.41, 5.74) is 3.43. The zero-order chi connectivity index (χ0) is 18.9. The number of methoxy groups -OCH3 is 1. The first-order chi connectivity index (χ1) is 12.5. The third kappa shape index (κ3) is 5.62. The van der Waals surface area contributed by atoms with Gasteiger partial charge in [0.05, 0.1) is 19.3 Å². The fourth-order valence-electron chi connectivity index (χ4n) is 2.68. The maximum absolute atomic E-state index is 12.1. The third-order valence-electron chi connectivity index (χ3n) is 4.01. The van der Waals surface area contributed by atoms with Crippen LogP contribution in [0.2, 0.25) is 0 Å². The van der Waals surface area contributed by atoms with E-state index in [2.05, 4.69) is 11.4 Å². The number of amides is 1. The van der Waals surface area contributed by atoms with Crippen LogP contribution in [0.4, 0.5) is 5.69 Å². The minimum Gasteiger partial charge on any atom is -0.496 e. The standard InChI is InChI=1S/C21H25NO4/c1-4-26-21(24)17-9-11-18(12-10-17)22-20(23)7-5-6-16-8-13-19(25-3)15(2)14-16/h8-14H,4-7H2,1-3H3,(H,22,23). The van der Waals surface area contributed by atoms with Crippen molar-refractivity contribution in [1.29, 1.82) is 0 Å².